The van der Waals surface area contributed by atoms with Crippen LogP contribution in [0.25, 0.3) is 0 Å². The Labute approximate surface area is 147 Å². The lowest BCUT2D eigenvalue weighted by atomic mass is 9.74. The first-order chi connectivity index (χ1) is 11.7. The van der Waals surface area contributed by atoms with E-state index in [9.17, 15) is 5.11 Å². The lowest BCUT2D eigenvalue weighted by Crippen LogP contribution is -2.51. The topological polar surface area (TPSA) is 26.7 Å². The molecule has 0 bridgehead atoms. The molecule has 2 atom stereocenters. The second kappa shape index (κ2) is 8.46. The molecule has 24 heavy (non-hydrogen) atoms. The average Bonchev–Trinajstić information content (AvgIpc) is 2.58. The second-order valence-electron chi connectivity index (χ2n) is 8.02. The van der Waals surface area contributed by atoms with E-state index in [1.807, 2.05) is 0 Å². The van der Waals surface area contributed by atoms with Gasteiger partial charge < -0.3 is 14.9 Å². The third kappa shape index (κ3) is 4.81. The molecule has 2 aliphatic rings. The van der Waals surface area contributed by atoms with Gasteiger partial charge >= 0.3 is 0 Å². The first-order valence-corrected chi connectivity index (χ1v) is 9.83. The number of benzene rings is 1. The molecule has 1 heterocycles. The van der Waals surface area contributed by atoms with Crippen LogP contribution in [0.4, 0.5) is 0 Å². The predicted octanol–water partition coefficient (Wildman–Crippen LogP) is 3.18. The molecule has 1 aromatic carbocycles. The fourth-order valence-corrected chi connectivity index (χ4v) is 4.43. The monoisotopic (exact) mass is 330 g/mol. The van der Waals surface area contributed by atoms with E-state index in [1.54, 1.807) is 0 Å². The molecule has 1 aromatic rings. The lowest BCUT2D eigenvalue weighted by molar-refractivity contribution is -0.0512. The maximum atomic E-state index is 11.6. The van der Waals surface area contributed by atoms with Gasteiger partial charge in [0.1, 0.15) is 0 Å². The Hall–Kier alpha value is -0.900. The van der Waals surface area contributed by atoms with Gasteiger partial charge in [0.15, 0.2) is 0 Å². The van der Waals surface area contributed by atoms with Gasteiger partial charge in [-0.15, -0.1) is 0 Å². The summed E-state index contributed by atoms with van der Waals surface area (Å²) in [5.74, 6) is 0.404. The summed E-state index contributed by atoms with van der Waals surface area (Å²) < 4.78 is 0. The molecule has 134 valence electrons. The zero-order valence-corrected chi connectivity index (χ0v) is 15.3. The van der Waals surface area contributed by atoms with Gasteiger partial charge in [-0.1, -0.05) is 56.0 Å². The molecule has 0 spiro atoms. The van der Waals surface area contributed by atoms with Crippen LogP contribution in [0, 0.1) is 5.92 Å². The highest BCUT2D eigenvalue weighted by Gasteiger charge is 2.38. The van der Waals surface area contributed by atoms with E-state index in [0.717, 1.165) is 45.6 Å². The molecule has 1 saturated heterocycles. The Bertz CT molecular complexity index is 484. The van der Waals surface area contributed by atoms with Crippen molar-refractivity contribution in [1.82, 2.24) is 9.80 Å². The van der Waals surface area contributed by atoms with E-state index < -0.39 is 5.60 Å². The van der Waals surface area contributed by atoms with Crippen molar-refractivity contribution >= 4 is 0 Å². The number of nitrogens with zero attached hydrogens (tertiary/aromatic N) is 2. The number of rotatable bonds is 4. The molecule has 3 heteroatoms. The minimum Gasteiger partial charge on any atom is -0.389 e. The van der Waals surface area contributed by atoms with Crippen LogP contribution in [0.3, 0.4) is 0 Å². The normalized spacial score (nSPS) is 30.7. The molecule has 2 fully saturated rings. The van der Waals surface area contributed by atoms with E-state index in [0.29, 0.717) is 5.92 Å². The van der Waals surface area contributed by atoms with E-state index in [2.05, 4.69) is 47.2 Å². The van der Waals surface area contributed by atoms with Crippen molar-refractivity contribution in [1.29, 1.82) is 0 Å². The largest absolute Gasteiger partial charge is 0.389 e. The third-order valence-electron chi connectivity index (χ3n) is 6.10. The van der Waals surface area contributed by atoms with Crippen molar-refractivity contribution in [2.45, 2.75) is 50.5 Å². The summed E-state index contributed by atoms with van der Waals surface area (Å²) >= 11 is 0. The van der Waals surface area contributed by atoms with Crippen LogP contribution >= 0.6 is 0 Å². The minimum absolute atomic E-state index is 0.404. The van der Waals surface area contributed by atoms with Crippen molar-refractivity contribution in [2.75, 3.05) is 39.8 Å². The molecular formula is C21H34N2O. The lowest BCUT2D eigenvalue weighted by Gasteiger charge is -2.42. The fourth-order valence-electron chi connectivity index (χ4n) is 4.43. The standard InChI is InChI=1S/C21H34N2O/c1-22-13-15-23(16-14-22)18-20-11-7-2-3-8-12-21(20,24)17-19-9-5-4-6-10-19/h4-6,9-10,20,24H,2-3,7-8,11-18H2,1H3. The van der Waals surface area contributed by atoms with Gasteiger partial charge in [-0.2, -0.15) is 0 Å². The summed E-state index contributed by atoms with van der Waals surface area (Å²) in [7, 11) is 2.21. The van der Waals surface area contributed by atoms with Gasteiger partial charge in [-0.05, 0) is 25.5 Å². The van der Waals surface area contributed by atoms with Crippen LogP contribution in [-0.4, -0.2) is 60.3 Å². The van der Waals surface area contributed by atoms with E-state index in [1.165, 1.54) is 37.7 Å². The van der Waals surface area contributed by atoms with Crippen LogP contribution < -0.4 is 0 Å². The van der Waals surface area contributed by atoms with E-state index in [4.69, 9.17) is 0 Å². The van der Waals surface area contributed by atoms with Crippen LogP contribution in [0.5, 0.6) is 0 Å². The van der Waals surface area contributed by atoms with Crippen molar-refractivity contribution in [2.24, 2.45) is 5.92 Å². The Kier molecular flexibility index (Phi) is 6.31. The third-order valence-corrected chi connectivity index (χ3v) is 6.10. The van der Waals surface area contributed by atoms with E-state index in [-0.39, 0.29) is 0 Å². The molecule has 1 aliphatic heterocycles. The van der Waals surface area contributed by atoms with Crippen LogP contribution in [0.2, 0.25) is 0 Å². The maximum Gasteiger partial charge on any atom is 0.0728 e. The summed E-state index contributed by atoms with van der Waals surface area (Å²) in [6, 6.07) is 10.6. The molecule has 3 rings (SSSR count). The predicted molar refractivity (Wildman–Crippen MR) is 100 cm³/mol. The number of aliphatic hydroxyl groups is 1. The fraction of sp³-hybridized carbons (Fsp3) is 0.714. The Balaban J connectivity index is 1.70. The number of likely N-dealkylation sites (N-methyl/N-ethyl adjacent to an activating group) is 1. The van der Waals surface area contributed by atoms with Crippen LogP contribution in [0.15, 0.2) is 30.3 Å². The van der Waals surface area contributed by atoms with Crippen molar-refractivity contribution < 1.29 is 5.11 Å². The summed E-state index contributed by atoms with van der Waals surface area (Å²) in [6.07, 6.45) is 8.00. The van der Waals surface area contributed by atoms with Gasteiger partial charge in [0.25, 0.3) is 0 Å². The highest BCUT2D eigenvalue weighted by Crippen LogP contribution is 2.35. The summed E-state index contributed by atoms with van der Waals surface area (Å²) in [4.78, 5) is 4.99. The molecule has 1 N–H and O–H groups in total. The first-order valence-electron chi connectivity index (χ1n) is 9.83. The molecular weight excluding hydrogens is 296 g/mol. The van der Waals surface area contributed by atoms with E-state index >= 15 is 0 Å². The molecule has 3 nitrogen and oxygen atoms in total. The Morgan fingerprint density at radius 1 is 1.00 bits per heavy atom. The first kappa shape index (κ1) is 17.9. The SMILES string of the molecule is CN1CCN(CC2CCCCCCC2(O)Cc2ccccc2)CC1. The minimum atomic E-state index is -0.537. The molecule has 1 saturated carbocycles. The quantitative estimate of drug-likeness (QED) is 0.918. The molecule has 0 amide bonds. The molecule has 0 radical (unpaired) electrons. The maximum absolute atomic E-state index is 11.6. The second-order valence-corrected chi connectivity index (χ2v) is 8.02. The smallest absolute Gasteiger partial charge is 0.0728 e. The number of hydrogen-bond donors (Lipinski definition) is 1. The van der Waals surface area contributed by atoms with Gasteiger partial charge in [-0.3, -0.25) is 0 Å². The number of piperazine rings is 1. The molecule has 1 aliphatic carbocycles. The van der Waals surface area contributed by atoms with Crippen molar-refractivity contribution in [3.8, 4) is 0 Å². The summed E-state index contributed by atoms with van der Waals surface area (Å²) in [5, 5.41) is 11.6. The summed E-state index contributed by atoms with van der Waals surface area (Å²) in [6.45, 7) is 5.67. The zero-order chi connectivity index (χ0) is 16.8. The highest BCUT2D eigenvalue weighted by atomic mass is 16.3. The van der Waals surface area contributed by atoms with Gasteiger partial charge in [-0.25, -0.2) is 0 Å². The summed E-state index contributed by atoms with van der Waals surface area (Å²) in [5.41, 5.74) is 0.745. The van der Waals surface area contributed by atoms with Crippen LogP contribution in [-0.2, 0) is 6.42 Å². The van der Waals surface area contributed by atoms with Crippen molar-refractivity contribution in [3.05, 3.63) is 35.9 Å². The van der Waals surface area contributed by atoms with Crippen molar-refractivity contribution in [3.63, 3.8) is 0 Å². The average molecular weight is 331 g/mol. The molecule has 0 aromatic heterocycles. The molecule has 2 unspecified atom stereocenters. The Morgan fingerprint density at radius 2 is 1.71 bits per heavy atom. The number of hydrogen-bond acceptors (Lipinski definition) is 3. The van der Waals surface area contributed by atoms with Gasteiger partial charge in [0.2, 0.25) is 0 Å². The van der Waals surface area contributed by atoms with Gasteiger partial charge in [0.05, 0.1) is 5.60 Å². The van der Waals surface area contributed by atoms with Crippen LogP contribution in [0.1, 0.15) is 44.1 Å². The zero-order valence-electron chi connectivity index (χ0n) is 15.3. The highest BCUT2D eigenvalue weighted by molar-refractivity contribution is 5.17. The van der Waals surface area contributed by atoms with Gasteiger partial charge in [0, 0.05) is 45.1 Å². The Morgan fingerprint density at radius 3 is 2.46 bits per heavy atom.